The molecule has 1 saturated heterocycles. The molecule has 2 unspecified atom stereocenters. The SMILES string of the molecule is Cc1cc(C)n(Cc2cccc(C(=O)N3CC(O)C(Cc4ccnc5ccccc45)C3)c2)n1. The number of nitrogens with zero attached hydrogens (tertiary/aromatic N) is 4. The zero-order valence-electron chi connectivity index (χ0n) is 19.0. The fraction of sp³-hybridized carbons (Fsp3) is 0.296. The third-order valence-corrected chi connectivity index (χ3v) is 6.52. The monoisotopic (exact) mass is 440 g/mol. The Morgan fingerprint density at radius 1 is 1.06 bits per heavy atom. The van der Waals surface area contributed by atoms with Crippen LogP contribution in [0.5, 0.6) is 0 Å². The molecule has 0 radical (unpaired) electrons. The van der Waals surface area contributed by atoms with E-state index in [0.717, 1.165) is 33.4 Å². The van der Waals surface area contributed by atoms with Crippen molar-refractivity contribution >= 4 is 16.8 Å². The normalized spacial score (nSPS) is 18.2. The first-order valence-corrected chi connectivity index (χ1v) is 11.4. The van der Waals surface area contributed by atoms with E-state index in [-0.39, 0.29) is 11.8 Å². The van der Waals surface area contributed by atoms with Crippen LogP contribution in [0.4, 0.5) is 0 Å². The van der Waals surface area contributed by atoms with Gasteiger partial charge in [0.2, 0.25) is 0 Å². The summed E-state index contributed by atoms with van der Waals surface area (Å²) in [6, 6.07) is 19.8. The molecular weight excluding hydrogens is 412 g/mol. The van der Waals surface area contributed by atoms with Crippen LogP contribution in [0.15, 0.2) is 66.9 Å². The molecule has 6 heteroatoms. The molecule has 2 aromatic carbocycles. The number of aliphatic hydroxyl groups excluding tert-OH is 1. The van der Waals surface area contributed by atoms with Crippen LogP contribution >= 0.6 is 0 Å². The Bertz CT molecular complexity index is 1310. The lowest BCUT2D eigenvalue weighted by molar-refractivity contribution is 0.0764. The zero-order valence-corrected chi connectivity index (χ0v) is 19.0. The fourth-order valence-corrected chi connectivity index (χ4v) is 4.83. The van der Waals surface area contributed by atoms with E-state index in [4.69, 9.17) is 0 Å². The molecule has 2 aromatic heterocycles. The smallest absolute Gasteiger partial charge is 0.253 e. The number of pyridine rings is 1. The number of aliphatic hydroxyl groups is 1. The Labute approximate surface area is 193 Å². The van der Waals surface area contributed by atoms with Crippen LogP contribution in [0.25, 0.3) is 10.9 Å². The van der Waals surface area contributed by atoms with Crippen molar-refractivity contribution in [2.75, 3.05) is 13.1 Å². The predicted molar refractivity (Wildman–Crippen MR) is 128 cm³/mol. The van der Waals surface area contributed by atoms with Crippen LogP contribution in [0.1, 0.15) is 32.9 Å². The van der Waals surface area contributed by atoms with E-state index in [2.05, 4.69) is 16.1 Å². The number of β-amino-alcohol motifs (C(OH)–C–C–N with tert-alkyl or cyclic N) is 1. The molecule has 0 bridgehead atoms. The Balaban J connectivity index is 1.30. The van der Waals surface area contributed by atoms with E-state index >= 15 is 0 Å². The van der Waals surface area contributed by atoms with Crippen LogP contribution in [-0.2, 0) is 13.0 Å². The number of amides is 1. The van der Waals surface area contributed by atoms with Crippen LogP contribution in [0.2, 0.25) is 0 Å². The van der Waals surface area contributed by atoms with Crippen molar-refractivity contribution in [2.24, 2.45) is 5.92 Å². The molecule has 1 aliphatic heterocycles. The molecule has 3 heterocycles. The maximum absolute atomic E-state index is 13.3. The lowest BCUT2D eigenvalue weighted by atomic mass is 9.94. The molecule has 0 spiro atoms. The Morgan fingerprint density at radius 2 is 1.91 bits per heavy atom. The van der Waals surface area contributed by atoms with Gasteiger partial charge < -0.3 is 10.0 Å². The van der Waals surface area contributed by atoms with Crippen molar-refractivity contribution in [2.45, 2.75) is 32.9 Å². The van der Waals surface area contributed by atoms with Crippen molar-refractivity contribution in [1.29, 1.82) is 0 Å². The third kappa shape index (κ3) is 4.39. The number of carbonyl (C=O) groups is 1. The number of carbonyl (C=O) groups excluding carboxylic acids is 1. The zero-order chi connectivity index (χ0) is 22.9. The summed E-state index contributed by atoms with van der Waals surface area (Å²) in [4.78, 5) is 19.5. The number of hydrogen-bond acceptors (Lipinski definition) is 4. The maximum atomic E-state index is 13.3. The highest BCUT2D eigenvalue weighted by atomic mass is 16.3. The summed E-state index contributed by atoms with van der Waals surface area (Å²) >= 11 is 0. The number of para-hydroxylation sites is 1. The number of benzene rings is 2. The molecule has 1 N–H and O–H groups in total. The van der Waals surface area contributed by atoms with Gasteiger partial charge in [-0.05, 0) is 61.7 Å². The van der Waals surface area contributed by atoms with Crippen LogP contribution in [0, 0.1) is 19.8 Å². The van der Waals surface area contributed by atoms with Crippen LogP contribution in [-0.4, -0.2) is 49.9 Å². The molecule has 0 aliphatic carbocycles. The molecule has 1 fully saturated rings. The molecule has 168 valence electrons. The number of fused-ring (bicyclic) bond motifs is 1. The molecule has 2 atom stereocenters. The minimum absolute atomic E-state index is 0.00219. The molecule has 33 heavy (non-hydrogen) atoms. The van der Waals surface area contributed by atoms with Gasteiger partial charge in [-0.1, -0.05) is 30.3 Å². The minimum Gasteiger partial charge on any atom is -0.391 e. The van der Waals surface area contributed by atoms with Gasteiger partial charge in [0.05, 0.1) is 23.9 Å². The fourth-order valence-electron chi connectivity index (χ4n) is 4.83. The van der Waals surface area contributed by atoms with Gasteiger partial charge in [0.1, 0.15) is 0 Å². The second kappa shape index (κ2) is 8.79. The molecule has 4 aromatic rings. The number of aromatic nitrogens is 3. The quantitative estimate of drug-likeness (QED) is 0.513. The van der Waals surface area contributed by atoms with E-state index in [0.29, 0.717) is 31.6 Å². The molecule has 1 aliphatic rings. The van der Waals surface area contributed by atoms with E-state index in [1.165, 1.54) is 0 Å². The Hall–Kier alpha value is -3.51. The highest BCUT2D eigenvalue weighted by Gasteiger charge is 2.34. The maximum Gasteiger partial charge on any atom is 0.253 e. The molecule has 6 nitrogen and oxygen atoms in total. The Kier molecular flexibility index (Phi) is 5.68. The van der Waals surface area contributed by atoms with Gasteiger partial charge in [-0.2, -0.15) is 5.10 Å². The topological polar surface area (TPSA) is 71.2 Å². The third-order valence-electron chi connectivity index (χ3n) is 6.52. The number of aryl methyl sites for hydroxylation is 2. The van der Waals surface area contributed by atoms with Crippen LogP contribution in [0.3, 0.4) is 0 Å². The summed E-state index contributed by atoms with van der Waals surface area (Å²) in [7, 11) is 0. The second-order valence-electron chi connectivity index (χ2n) is 9.01. The lowest BCUT2D eigenvalue weighted by Crippen LogP contribution is -2.29. The van der Waals surface area contributed by atoms with Crippen molar-refractivity contribution in [1.82, 2.24) is 19.7 Å². The van der Waals surface area contributed by atoms with Gasteiger partial charge in [-0.3, -0.25) is 14.5 Å². The summed E-state index contributed by atoms with van der Waals surface area (Å²) < 4.78 is 1.95. The van der Waals surface area contributed by atoms with E-state index in [1.54, 1.807) is 4.90 Å². The van der Waals surface area contributed by atoms with E-state index < -0.39 is 6.10 Å². The van der Waals surface area contributed by atoms with Gasteiger partial charge in [0, 0.05) is 41.8 Å². The van der Waals surface area contributed by atoms with E-state index in [1.807, 2.05) is 79.3 Å². The first kappa shape index (κ1) is 21.3. The highest BCUT2D eigenvalue weighted by molar-refractivity contribution is 5.94. The summed E-state index contributed by atoms with van der Waals surface area (Å²) in [5.41, 5.74) is 5.88. The standard InChI is InChI=1S/C27H28N4O2/c1-18-12-19(2)31(29-18)15-20-6-5-7-22(13-20)27(33)30-16-23(26(32)17-30)14-21-10-11-28-25-9-4-3-8-24(21)25/h3-13,23,26,32H,14-17H2,1-2H3. The van der Waals surface area contributed by atoms with Crippen molar-refractivity contribution in [3.8, 4) is 0 Å². The molecule has 1 amide bonds. The average molecular weight is 441 g/mol. The van der Waals surface area contributed by atoms with Crippen molar-refractivity contribution in [3.63, 3.8) is 0 Å². The van der Waals surface area contributed by atoms with Gasteiger partial charge in [-0.25, -0.2) is 0 Å². The van der Waals surface area contributed by atoms with Crippen LogP contribution < -0.4 is 0 Å². The van der Waals surface area contributed by atoms with Gasteiger partial charge >= 0.3 is 0 Å². The number of likely N-dealkylation sites (tertiary alicyclic amines) is 1. The van der Waals surface area contributed by atoms with Crippen molar-refractivity contribution < 1.29 is 9.90 Å². The van der Waals surface area contributed by atoms with Gasteiger partial charge in [0.25, 0.3) is 5.91 Å². The number of hydrogen-bond donors (Lipinski definition) is 1. The Morgan fingerprint density at radius 3 is 2.73 bits per heavy atom. The summed E-state index contributed by atoms with van der Waals surface area (Å²) in [6.07, 6.45) is 1.99. The van der Waals surface area contributed by atoms with Gasteiger partial charge in [-0.15, -0.1) is 0 Å². The number of rotatable bonds is 5. The van der Waals surface area contributed by atoms with Crippen molar-refractivity contribution in [3.05, 3.63) is 94.9 Å². The molecule has 5 rings (SSSR count). The second-order valence-corrected chi connectivity index (χ2v) is 9.01. The largest absolute Gasteiger partial charge is 0.391 e. The van der Waals surface area contributed by atoms with Gasteiger partial charge in [0.15, 0.2) is 0 Å². The molecular formula is C27H28N4O2. The molecule has 0 saturated carbocycles. The lowest BCUT2D eigenvalue weighted by Gasteiger charge is -2.17. The first-order chi connectivity index (χ1) is 16.0. The predicted octanol–water partition coefficient (Wildman–Crippen LogP) is 3.77. The summed E-state index contributed by atoms with van der Waals surface area (Å²) in [6.45, 7) is 5.54. The summed E-state index contributed by atoms with van der Waals surface area (Å²) in [5.74, 6) is -0.0380. The first-order valence-electron chi connectivity index (χ1n) is 11.4. The average Bonchev–Trinajstić information content (AvgIpc) is 3.34. The highest BCUT2D eigenvalue weighted by Crippen LogP contribution is 2.26. The minimum atomic E-state index is -0.543. The van der Waals surface area contributed by atoms with E-state index in [9.17, 15) is 9.90 Å². The summed E-state index contributed by atoms with van der Waals surface area (Å²) in [5, 5.41) is 16.4.